The molecule has 3 heteroatoms. The van der Waals surface area contributed by atoms with Gasteiger partial charge in [-0.3, -0.25) is 4.90 Å². The summed E-state index contributed by atoms with van der Waals surface area (Å²) >= 11 is 3.73. The maximum Gasteiger partial charge on any atom is 0.0484 e. The van der Waals surface area contributed by atoms with Crippen molar-refractivity contribution in [2.45, 2.75) is 58.0 Å². The highest BCUT2D eigenvalue weighted by Crippen LogP contribution is 2.33. The standard InChI is InChI=1S/C17H27BrN2/c1-3-6-14-7-4-5-10-20(14)17(12-19)15-9-8-13(2)11-16(15)18/h8-9,11,14,17H,3-7,10,12,19H2,1-2H3. The van der Waals surface area contributed by atoms with Crippen molar-refractivity contribution in [3.05, 3.63) is 33.8 Å². The number of rotatable bonds is 5. The van der Waals surface area contributed by atoms with E-state index in [0.717, 1.165) is 0 Å². The summed E-state index contributed by atoms with van der Waals surface area (Å²) in [4.78, 5) is 2.66. The molecule has 1 aromatic rings. The van der Waals surface area contributed by atoms with Gasteiger partial charge in [0.1, 0.15) is 0 Å². The van der Waals surface area contributed by atoms with Crippen molar-refractivity contribution in [2.75, 3.05) is 13.1 Å². The van der Waals surface area contributed by atoms with Crippen molar-refractivity contribution >= 4 is 15.9 Å². The van der Waals surface area contributed by atoms with Crippen LogP contribution in [0.1, 0.15) is 56.2 Å². The molecule has 0 amide bonds. The van der Waals surface area contributed by atoms with Crippen LogP contribution in [0.2, 0.25) is 0 Å². The Morgan fingerprint density at radius 1 is 1.40 bits per heavy atom. The first-order valence-corrected chi connectivity index (χ1v) is 8.68. The van der Waals surface area contributed by atoms with E-state index >= 15 is 0 Å². The summed E-state index contributed by atoms with van der Waals surface area (Å²) < 4.78 is 1.20. The zero-order valence-corrected chi connectivity index (χ0v) is 14.3. The molecular formula is C17H27BrN2. The van der Waals surface area contributed by atoms with Gasteiger partial charge in [-0.1, -0.05) is 47.8 Å². The number of halogens is 1. The third-order valence-corrected chi connectivity index (χ3v) is 5.12. The first-order chi connectivity index (χ1) is 9.67. The molecular weight excluding hydrogens is 312 g/mol. The van der Waals surface area contributed by atoms with Crippen LogP contribution in [0.5, 0.6) is 0 Å². The molecule has 1 aliphatic heterocycles. The van der Waals surface area contributed by atoms with E-state index in [1.54, 1.807) is 0 Å². The minimum absolute atomic E-state index is 0.349. The van der Waals surface area contributed by atoms with Crippen LogP contribution in [0.3, 0.4) is 0 Å². The summed E-state index contributed by atoms with van der Waals surface area (Å²) in [5, 5.41) is 0. The van der Waals surface area contributed by atoms with Gasteiger partial charge in [0, 0.05) is 23.1 Å². The zero-order chi connectivity index (χ0) is 14.5. The highest BCUT2D eigenvalue weighted by Gasteiger charge is 2.29. The van der Waals surface area contributed by atoms with E-state index in [9.17, 15) is 0 Å². The first kappa shape index (κ1) is 16.0. The average Bonchev–Trinajstić information content (AvgIpc) is 2.44. The molecule has 1 aromatic carbocycles. The van der Waals surface area contributed by atoms with Gasteiger partial charge in [0.05, 0.1) is 0 Å². The van der Waals surface area contributed by atoms with Gasteiger partial charge < -0.3 is 5.73 Å². The minimum Gasteiger partial charge on any atom is -0.329 e. The second-order valence-corrected chi connectivity index (χ2v) is 6.81. The second-order valence-electron chi connectivity index (χ2n) is 5.95. The molecule has 2 atom stereocenters. The summed E-state index contributed by atoms with van der Waals surface area (Å²) in [7, 11) is 0. The lowest BCUT2D eigenvalue weighted by Gasteiger charge is -2.41. The lowest BCUT2D eigenvalue weighted by molar-refractivity contribution is 0.0909. The number of aryl methyl sites for hydroxylation is 1. The van der Waals surface area contributed by atoms with E-state index in [2.05, 4.69) is 52.9 Å². The third kappa shape index (κ3) is 3.63. The molecule has 1 aliphatic rings. The monoisotopic (exact) mass is 338 g/mol. The SMILES string of the molecule is CCCC1CCCCN1C(CN)c1ccc(C)cc1Br. The number of piperidine rings is 1. The van der Waals surface area contributed by atoms with Gasteiger partial charge in [0.25, 0.3) is 0 Å². The van der Waals surface area contributed by atoms with Crippen LogP contribution >= 0.6 is 15.9 Å². The topological polar surface area (TPSA) is 29.3 Å². The Morgan fingerprint density at radius 2 is 2.20 bits per heavy atom. The van der Waals surface area contributed by atoms with E-state index in [0.29, 0.717) is 18.6 Å². The van der Waals surface area contributed by atoms with Gasteiger partial charge in [-0.15, -0.1) is 0 Å². The Morgan fingerprint density at radius 3 is 2.85 bits per heavy atom. The lowest BCUT2D eigenvalue weighted by atomic mass is 9.93. The predicted octanol–water partition coefficient (Wildman–Crippen LogP) is 4.41. The molecule has 2 nitrogen and oxygen atoms in total. The number of hydrogen-bond donors (Lipinski definition) is 1. The maximum atomic E-state index is 6.14. The second kappa shape index (κ2) is 7.58. The minimum atomic E-state index is 0.349. The summed E-state index contributed by atoms with van der Waals surface area (Å²) in [6, 6.07) is 7.70. The van der Waals surface area contributed by atoms with Crippen LogP contribution in [-0.2, 0) is 0 Å². The fourth-order valence-corrected chi connectivity index (χ4v) is 4.18. The molecule has 2 rings (SSSR count). The normalized spacial score (nSPS) is 21.9. The van der Waals surface area contributed by atoms with E-state index in [1.807, 2.05) is 0 Å². The fourth-order valence-electron chi connectivity index (χ4n) is 3.42. The summed E-state index contributed by atoms with van der Waals surface area (Å²) in [6.07, 6.45) is 6.55. The van der Waals surface area contributed by atoms with Crippen molar-refractivity contribution < 1.29 is 0 Å². The van der Waals surface area contributed by atoms with E-state index in [1.165, 1.54) is 54.2 Å². The van der Waals surface area contributed by atoms with Crippen LogP contribution in [0.15, 0.2) is 22.7 Å². The van der Waals surface area contributed by atoms with Gasteiger partial charge in [-0.05, 0) is 49.9 Å². The van der Waals surface area contributed by atoms with Crippen molar-refractivity contribution in [1.82, 2.24) is 4.90 Å². The van der Waals surface area contributed by atoms with E-state index in [4.69, 9.17) is 5.73 Å². The molecule has 2 N–H and O–H groups in total. The van der Waals surface area contributed by atoms with Gasteiger partial charge in [-0.25, -0.2) is 0 Å². The molecule has 1 fully saturated rings. The van der Waals surface area contributed by atoms with E-state index in [-0.39, 0.29) is 0 Å². The Labute approximate surface area is 131 Å². The van der Waals surface area contributed by atoms with Crippen molar-refractivity contribution in [3.63, 3.8) is 0 Å². The number of benzene rings is 1. The zero-order valence-electron chi connectivity index (χ0n) is 12.7. The molecule has 0 aromatic heterocycles. The van der Waals surface area contributed by atoms with Crippen molar-refractivity contribution in [2.24, 2.45) is 5.73 Å². The Balaban J connectivity index is 2.25. The smallest absolute Gasteiger partial charge is 0.0484 e. The summed E-state index contributed by atoms with van der Waals surface area (Å²) in [5.41, 5.74) is 8.78. The van der Waals surface area contributed by atoms with E-state index < -0.39 is 0 Å². The Bertz CT molecular complexity index is 431. The number of nitrogens with zero attached hydrogens (tertiary/aromatic N) is 1. The molecule has 0 aliphatic carbocycles. The molecule has 112 valence electrons. The molecule has 0 radical (unpaired) electrons. The fraction of sp³-hybridized carbons (Fsp3) is 0.647. The van der Waals surface area contributed by atoms with Crippen LogP contribution in [0.25, 0.3) is 0 Å². The molecule has 0 saturated carbocycles. The highest BCUT2D eigenvalue weighted by molar-refractivity contribution is 9.10. The average molecular weight is 339 g/mol. The van der Waals surface area contributed by atoms with Gasteiger partial charge in [0.15, 0.2) is 0 Å². The summed E-state index contributed by atoms with van der Waals surface area (Å²) in [5.74, 6) is 0. The quantitative estimate of drug-likeness (QED) is 0.861. The third-order valence-electron chi connectivity index (χ3n) is 4.43. The first-order valence-electron chi connectivity index (χ1n) is 7.89. The number of nitrogens with two attached hydrogens (primary N) is 1. The van der Waals surface area contributed by atoms with Crippen LogP contribution < -0.4 is 5.73 Å². The van der Waals surface area contributed by atoms with Gasteiger partial charge in [0.2, 0.25) is 0 Å². The Kier molecular flexibility index (Phi) is 6.06. The van der Waals surface area contributed by atoms with Gasteiger partial charge in [-0.2, -0.15) is 0 Å². The molecule has 2 unspecified atom stereocenters. The Hall–Kier alpha value is -0.380. The molecule has 20 heavy (non-hydrogen) atoms. The number of hydrogen-bond acceptors (Lipinski definition) is 2. The van der Waals surface area contributed by atoms with Crippen LogP contribution in [0.4, 0.5) is 0 Å². The summed E-state index contributed by atoms with van der Waals surface area (Å²) in [6.45, 7) is 6.30. The highest BCUT2D eigenvalue weighted by atomic mass is 79.9. The maximum absolute atomic E-state index is 6.14. The van der Waals surface area contributed by atoms with Crippen molar-refractivity contribution in [1.29, 1.82) is 0 Å². The van der Waals surface area contributed by atoms with Crippen LogP contribution in [0, 0.1) is 6.92 Å². The number of likely N-dealkylation sites (tertiary alicyclic amines) is 1. The van der Waals surface area contributed by atoms with Gasteiger partial charge >= 0.3 is 0 Å². The largest absolute Gasteiger partial charge is 0.329 e. The predicted molar refractivity (Wildman–Crippen MR) is 89.9 cm³/mol. The van der Waals surface area contributed by atoms with Crippen molar-refractivity contribution in [3.8, 4) is 0 Å². The molecule has 1 heterocycles. The molecule has 1 saturated heterocycles. The lowest BCUT2D eigenvalue weighted by Crippen LogP contribution is -2.44. The molecule has 0 bridgehead atoms. The molecule has 0 spiro atoms. The van der Waals surface area contributed by atoms with Crippen LogP contribution in [-0.4, -0.2) is 24.0 Å².